The largest absolute Gasteiger partial charge is 0.299 e. The van der Waals surface area contributed by atoms with Crippen LogP contribution in [0.4, 0.5) is 0 Å². The van der Waals surface area contributed by atoms with E-state index in [2.05, 4.69) is 23.2 Å². The van der Waals surface area contributed by atoms with Gasteiger partial charge >= 0.3 is 0 Å². The molecule has 110 valence electrons. The smallest absolute Gasteiger partial charge is 0.137 e. The molecule has 0 unspecified atom stereocenters. The first kappa shape index (κ1) is 13.4. The van der Waals surface area contributed by atoms with Gasteiger partial charge in [0.05, 0.1) is 12.3 Å². The number of nitrogens with zero attached hydrogens (tertiary/aromatic N) is 2. The van der Waals surface area contributed by atoms with Crippen LogP contribution in [0.2, 0.25) is 0 Å². The number of aryl methyl sites for hydroxylation is 2. The van der Waals surface area contributed by atoms with Crippen LogP contribution in [0.3, 0.4) is 0 Å². The van der Waals surface area contributed by atoms with Gasteiger partial charge in [-0.15, -0.1) is 0 Å². The van der Waals surface area contributed by atoms with Crippen LogP contribution in [0.1, 0.15) is 46.4 Å². The molecule has 1 aromatic carbocycles. The summed E-state index contributed by atoms with van der Waals surface area (Å²) in [5.41, 5.74) is 8.23. The maximum Gasteiger partial charge on any atom is 0.137 e. The van der Waals surface area contributed by atoms with Crippen molar-refractivity contribution in [3.8, 4) is 0 Å². The lowest BCUT2D eigenvalue weighted by Gasteiger charge is -2.11. The number of pyridine rings is 1. The zero-order chi connectivity index (χ0) is 15.1. The molecule has 2 aromatic rings. The molecule has 0 bridgehead atoms. The third-order valence-corrected chi connectivity index (χ3v) is 4.55. The predicted octanol–water partition coefficient (Wildman–Crippen LogP) is 3.19. The third-order valence-electron chi connectivity index (χ3n) is 4.55. The molecule has 0 amide bonds. The van der Waals surface area contributed by atoms with Gasteiger partial charge in [-0.2, -0.15) is 0 Å². The standard InChI is InChI=1S/C19H18N2O/c1-12-7-14(5-6-20-12)19-18-10-13-3-2-4-17(22)9-15(13)8-16(18)11-21-19/h5-8,10H,2-4,9,11H2,1H3. The molecule has 1 aliphatic heterocycles. The molecule has 1 aliphatic carbocycles. The topological polar surface area (TPSA) is 42.3 Å². The minimum Gasteiger partial charge on any atom is -0.299 e. The summed E-state index contributed by atoms with van der Waals surface area (Å²) in [5.74, 6) is 0.364. The second-order valence-corrected chi connectivity index (χ2v) is 6.20. The average molecular weight is 290 g/mol. The molecule has 0 radical (unpaired) electrons. The maximum atomic E-state index is 11.8. The van der Waals surface area contributed by atoms with Crippen LogP contribution in [0, 0.1) is 6.92 Å². The molecule has 2 aliphatic rings. The highest BCUT2D eigenvalue weighted by Crippen LogP contribution is 2.29. The van der Waals surface area contributed by atoms with Crippen molar-refractivity contribution >= 4 is 11.5 Å². The molecule has 0 fully saturated rings. The summed E-state index contributed by atoms with van der Waals surface area (Å²) in [6.45, 7) is 2.72. The quantitative estimate of drug-likeness (QED) is 0.757. The van der Waals surface area contributed by atoms with Crippen molar-refractivity contribution in [2.24, 2.45) is 4.99 Å². The Kier molecular flexibility index (Phi) is 3.14. The Labute approximate surface area is 130 Å². The molecular weight excluding hydrogens is 272 g/mol. The average Bonchev–Trinajstić information content (AvgIpc) is 2.80. The number of ketones is 1. The fourth-order valence-electron chi connectivity index (χ4n) is 3.45. The van der Waals surface area contributed by atoms with Crippen LogP contribution in [0.25, 0.3) is 0 Å². The highest BCUT2D eigenvalue weighted by molar-refractivity contribution is 6.15. The lowest BCUT2D eigenvalue weighted by Crippen LogP contribution is -2.05. The number of carbonyl (C=O) groups excluding carboxylic acids is 1. The van der Waals surface area contributed by atoms with Gasteiger partial charge in [-0.3, -0.25) is 14.8 Å². The van der Waals surface area contributed by atoms with Crippen molar-refractivity contribution in [3.05, 3.63) is 64.0 Å². The fraction of sp³-hybridized carbons (Fsp3) is 0.316. The van der Waals surface area contributed by atoms with E-state index in [9.17, 15) is 4.79 Å². The normalized spacial score (nSPS) is 16.8. The molecule has 0 saturated heterocycles. The lowest BCUT2D eigenvalue weighted by atomic mass is 9.93. The van der Waals surface area contributed by atoms with Gasteiger partial charge in [0, 0.05) is 35.9 Å². The van der Waals surface area contributed by atoms with Crippen molar-refractivity contribution in [3.63, 3.8) is 0 Å². The van der Waals surface area contributed by atoms with Crippen LogP contribution < -0.4 is 0 Å². The number of Topliss-reactive ketones (excluding diaryl/α,β-unsaturated/α-hetero) is 1. The van der Waals surface area contributed by atoms with Crippen LogP contribution >= 0.6 is 0 Å². The van der Waals surface area contributed by atoms with Gasteiger partial charge in [0.2, 0.25) is 0 Å². The number of fused-ring (bicyclic) bond motifs is 2. The van der Waals surface area contributed by atoms with E-state index in [1.165, 1.54) is 22.3 Å². The van der Waals surface area contributed by atoms with Gasteiger partial charge < -0.3 is 0 Å². The van der Waals surface area contributed by atoms with Gasteiger partial charge in [-0.1, -0.05) is 6.07 Å². The lowest BCUT2D eigenvalue weighted by molar-refractivity contribution is -0.118. The molecule has 3 nitrogen and oxygen atoms in total. The maximum absolute atomic E-state index is 11.8. The number of aliphatic imine (C=N–C) groups is 1. The molecule has 4 rings (SSSR count). The summed E-state index contributed by atoms with van der Waals surface area (Å²) in [5, 5.41) is 0. The molecule has 0 spiro atoms. The zero-order valence-corrected chi connectivity index (χ0v) is 12.7. The zero-order valence-electron chi connectivity index (χ0n) is 12.7. The first-order chi connectivity index (χ1) is 10.7. The summed E-state index contributed by atoms with van der Waals surface area (Å²) in [6.07, 6.45) is 5.10. The summed E-state index contributed by atoms with van der Waals surface area (Å²) < 4.78 is 0. The van der Waals surface area contributed by atoms with Crippen LogP contribution in [0.5, 0.6) is 0 Å². The van der Waals surface area contributed by atoms with Gasteiger partial charge in [0.1, 0.15) is 5.78 Å². The van der Waals surface area contributed by atoms with E-state index in [-0.39, 0.29) is 0 Å². The SMILES string of the molecule is Cc1cc(C2=NCc3cc4c(cc32)CCCC(=O)C4)ccn1. The summed E-state index contributed by atoms with van der Waals surface area (Å²) in [6, 6.07) is 8.59. The Bertz CT molecular complexity index is 805. The van der Waals surface area contributed by atoms with Crippen LogP contribution in [0.15, 0.2) is 35.5 Å². The molecule has 0 atom stereocenters. The summed E-state index contributed by atoms with van der Waals surface area (Å²) in [7, 11) is 0. The van der Waals surface area contributed by atoms with Gasteiger partial charge in [-0.25, -0.2) is 0 Å². The number of carbonyl (C=O) groups is 1. The Hall–Kier alpha value is -2.29. The molecule has 22 heavy (non-hydrogen) atoms. The monoisotopic (exact) mass is 290 g/mol. The minimum absolute atomic E-state index is 0.364. The van der Waals surface area contributed by atoms with E-state index < -0.39 is 0 Å². The van der Waals surface area contributed by atoms with E-state index in [0.29, 0.717) is 25.2 Å². The van der Waals surface area contributed by atoms with Crippen molar-refractivity contribution in [2.45, 2.75) is 39.2 Å². The van der Waals surface area contributed by atoms with Crippen molar-refractivity contribution in [1.29, 1.82) is 0 Å². The van der Waals surface area contributed by atoms with Gasteiger partial charge in [0.25, 0.3) is 0 Å². The first-order valence-electron chi connectivity index (χ1n) is 7.85. The molecular formula is C19H18N2O. The minimum atomic E-state index is 0.364. The van der Waals surface area contributed by atoms with Crippen LogP contribution in [-0.4, -0.2) is 16.5 Å². The van der Waals surface area contributed by atoms with E-state index in [4.69, 9.17) is 4.99 Å². The fourth-order valence-corrected chi connectivity index (χ4v) is 3.45. The number of aromatic nitrogens is 1. The van der Waals surface area contributed by atoms with Gasteiger partial charge in [-0.05, 0) is 54.7 Å². The first-order valence-corrected chi connectivity index (χ1v) is 7.85. The second-order valence-electron chi connectivity index (χ2n) is 6.20. The number of hydrogen-bond acceptors (Lipinski definition) is 3. The Morgan fingerprint density at radius 2 is 1.95 bits per heavy atom. The highest BCUT2D eigenvalue weighted by Gasteiger charge is 2.22. The third kappa shape index (κ3) is 2.27. The van der Waals surface area contributed by atoms with Crippen molar-refractivity contribution in [2.75, 3.05) is 0 Å². The van der Waals surface area contributed by atoms with E-state index in [1.807, 2.05) is 19.2 Å². The highest BCUT2D eigenvalue weighted by atomic mass is 16.1. The Balaban J connectivity index is 1.78. The summed E-state index contributed by atoms with van der Waals surface area (Å²) in [4.78, 5) is 20.8. The van der Waals surface area contributed by atoms with E-state index in [1.54, 1.807) is 0 Å². The second kappa shape index (κ2) is 5.16. The molecule has 2 heterocycles. The van der Waals surface area contributed by atoms with E-state index in [0.717, 1.165) is 29.8 Å². The molecule has 3 heteroatoms. The number of benzene rings is 1. The Morgan fingerprint density at radius 1 is 1.05 bits per heavy atom. The van der Waals surface area contributed by atoms with Gasteiger partial charge in [0.15, 0.2) is 0 Å². The van der Waals surface area contributed by atoms with Crippen molar-refractivity contribution < 1.29 is 4.79 Å². The number of rotatable bonds is 1. The number of hydrogen-bond donors (Lipinski definition) is 0. The Morgan fingerprint density at radius 3 is 2.82 bits per heavy atom. The van der Waals surface area contributed by atoms with Crippen LogP contribution in [-0.2, 0) is 24.2 Å². The van der Waals surface area contributed by atoms with E-state index >= 15 is 0 Å². The van der Waals surface area contributed by atoms with Crippen molar-refractivity contribution in [1.82, 2.24) is 4.98 Å². The predicted molar refractivity (Wildman–Crippen MR) is 86.4 cm³/mol. The molecule has 0 N–H and O–H groups in total. The summed E-state index contributed by atoms with van der Waals surface area (Å²) >= 11 is 0. The molecule has 0 saturated carbocycles. The molecule has 1 aromatic heterocycles.